The molecule has 2 atom stereocenters. The van der Waals surface area contributed by atoms with Gasteiger partial charge in [0.15, 0.2) is 5.13 Å². The molecule has 2 unspecified atom stereocenters. The lowest BCUT2D eigenvalue weighted by Gasteiger charge is -2.28. The molecule has 6 rings (SSSR count). The fourth-order valence-corrected chi connectivity index (χ4v) is 6.88. The van der Waals surface area contributed by atoms with Crippen LogP contribution in [-0.4, -0.2) is 56.7 Å². The summed E-state index contributed by atoms with van der Waals surface area (Å²) < 4.78 is 5.62. The quantitative estimate of drug-likeness (QED) is 0.212. The summed E-state index contributed by atoms with van der Waals surface area (Å²) in [6, 6.07) is 22.1. The zero-order valence-corrected chi connectivity index (χ0v) is 25.0. The summed E-state index contributed by atoms with van der Waals surface area (Å²) >= 11 is 2.60. The van der Waals surface area contributed by atoms with E-state index in [1.807, 2.05) is 47.8 Å². The number of thiazole rings is 1. The Morgan fingerprint density at radius 1 is 0.955 bits per heavy atom. The molecule has 1 saturated carbocycles. The summed E-state index contributed by atoms with van der Waals surface area (Å²) in [4.78, 5) is 56.9. The van der Waals surface area contributed by atoms with Gasteiger partial charge in [-0.05, 0) is 48.2 Å². The fourth-order valence-electron chi connectivity index (χ4n) is 4.75. The van der Waals surface area contributed by atoms with Gasteiger partial charge in [0, 0.05) is 28.3 Å². The van der Waals surface area contributed by atoms with Gasteiger partial charge in [0.05, 0.1) is 11.3 Å². The number of rotatable bonds is 9. The van der Waals surface area contributed by atoms with E-state index in [0.29, 0.717) is 22.0 Å². The van der Waals surface area contributed by atoms with Crippen LogP contribution in [0.25, 0.3) is 11.3 Å². The number of aromatic carboxylic acids is 1. The summed E-state index contributed by atoms with van der Waals surface area (Å²) in [5.74, 6) is -1.34. The minimum absolute atomic E-state index is 0.0218. The summed E-state index contributed by atoms with van der Waals surface area (Å²) in [6.07, 6.45) is 1.35. The minimum atomic E-state index is -1.09. The number of amides is 3. The predicted molar refractivity (Wildman–Crippen MR) is 168 cm³/mol. The zero-order valence-electron chi connectivity index (χ0n) is 23.3. The average Bonchev–Trinajstić information content (AvgIpc) is 3.54. The number of nitrogens with one attached hydrogen (secondary N) is 2. The van der Waals surface area contributed by atoms with Crippen molar-refractivity contribution in [3.63, 3.8) is 0 Å². The second kappa shape index (κ2) is 12.9. The SMILES string of the molecule is O=C(O)c1cccc(C2SCC(C(=O)Nc3nc(-c4ccc(C(=O)NC5CC5)cc4)cs3)N2C(=O)OCc2ccccc2)c1. The summed E-state index contributed by atoms with van der Waals surface area (Å²) in [6.45, 7) is 0.0218. The highest BCUT2D eigenvalue weighted by Gasteiger charge is 2.43. The molecule has 2 fully saturated rings. The Hall–Kier alpha value is -4.68. The van der Waals surface area contributed by atoms with Crippen molar-refractivity contribution < 1.29 is 29.0 Å². The summed E-state index contributed by atoms with van der Waals surface area (Å²) in [7, 11) is 0. The highest BCUT2D eigenvalue weighted by molar-refractivity contribution is 7.99. The van der Waals surface area contributed by atoms with Crippen LogP contribution < -0.4 is 10.6 Å². The third-order valence-corrected chi connectivity index (χ3v) is 9.31. The van der Waals surface area contributed by atoms with Gasteiger partial charge >= 0.3 is 12.1 Å². The lowest BCUT2D eigenvalue weighted by molar-refractivity contribution is -0.120. The van der Waals surface area contributed by atoms with Crippen molar-refractivity contribution >= 4 is 52.1 Å². The van der Waals surface area contributed by atoms with E-state index >= 15 is 0 Å². The van der Waals surface area contributed by atoms with Crippen molar-refractivity contribution in [2.75, 3.05) is 11.1 Å². The van der Waals surface area contributed by atoms with E-state index < -0.39 is 29.4 Å². The molecule has 1 saturated heterocycles. The van der Waals surface area contributed by atoms with Gasteiger partial charge in [0.25, 0.3) is 5.91 Å². The Bertz CT molecular complexity index is 1690. The Balaban J connectivity index is 1.17. The smallest absolute Gasteiger partial charge is 0.412 e. The Labute approximate surface area is 261 Å². The number of carbonyl (C=O) groups excluding carboxylic acids is 3. The Morgan fingerprint density at radius 2 is 1.73 bits per heavy atom. The van der Waals surface area contributed by atoms with Crippen LogP contribution in [0.15, 0.2) is 84.2 Å². The molecule has 0 spiro atoms. The van der Waals surface area contributed by atoms with Crippen LogP contribution in [0.4, 0.5) is 9.93 Å². The van der Waals surface area contributed by atoms with Gasteiger partial charge in [0.1, 0.15) is 18.0 Å². The molecule has 1 aromatic heterocycles. The largest absolute Gasteiger partial charge is 0.478 e. The molecule has 224 valence electrons. The number of benzene rings is 3. The second-order valence-electron chi connectivity index (χ2n) is 10.4. The molecule has 1 aliphatic carbocycles. The number of carbonyl (C=O) groups is 4. The summed E-state index contributed by atoms with van der Waals surface area (Å²) in [5, 5.41) is 16.8. The Morgan fingerprint density at radius 3 is 2.45 bits per heavy atom. The first-order valence-corrected chi connectivity index (χ1v) is 15.9. The molecule has 3 amide bonds. The van der Waals surface area contributed by atoms with E-state index in [1.165, 1.54) is 40.1 Å². The van der Waals surface area contributed by atoms with Crippen molar-refractivity contribution in [1.82, 2.24) is 15.2 Å². The lowest BCUT2D eigenvalue weighted by Crippen LogP contribution is -2.45. The van der Waals surface area contributed by atoms with Gasteiger partial charge in [-0.3, -0.25) is 14.5 Å². The number of thioether (sulfide) groups is 1. The first-order chi connectivity index (χ1) is 21.4. The van der Waals surface area contributed by atoms with Crippen molar-refractivity contribution in [2.24, 2.45) is 0 Å². The molecule has 12 heteroatoms. The third-order valence-electron chi connectivity index (χ3n) is 7.23. The second-order valence-corrected chi connectivity index (χ2v) is 12.4. The van der Waals surface area contributed by atoms with Gasteiger partial charge in [-0.1, -0.05) is 54.6 Å². The molecule has 2 aliphatic rings. The maximum atomic E-state index is 13.6. The molecule has 3 aromatic carbocycles. The molecule has 3 N–H and O–H groups in total. The van der Waals surface area contributed by atoms with E-state index in [9.17, 15) is 24.3 Å². The molecule has 2 heterocycles. The first kappa shape index (κ1) is 29.4. The van der Waals surface area contributed by atoms with Crippen molar-refractivity contribution in [2.45, 2.75) is 36.9 Å². The van der Waals surface area contributed by atoms with Gasteiger partial charge < -0.3 is 20.5 Å². The van der Waals surface area contributed by atoms with E-state index in [2.05, 4.69) is 15.6 Å². The average molecular weight is 629 g/mol. The lowest BCUT2D eigenvalue weighted by atomic mass is 10.1. The molecule has 44 heavy (non-hydrogen) atoms. The van der Waals surface area contributed by atoms with Crippen molar-refractivity contribution in [3.05, 3.63) is 106 Å². The van der Waals surface area contributed by atoms with E-state index in [0.717, 1.165) is 24.0 Å². The van der Waals surface area contributed by atoms with Crippen molar-refractivity contribution in [3.8, 4) is 11.3 Å². The highest BCUT2D eigenvalue weighted by Crippen LogP contribution is 2.42. The third kappa shape index (κ3) is 6.76. The number of aromatic nitrogens is 1. The first-order valence-electron chi connectivity index (χ1n) is 14.0. The van der Waals surface area contributed by atoms with E-state index in [4.69, 9.17) is 4.74 Å². The molecule has 1 aliphatic heterocycles. The summed E-state index contributed by atoms with van der Waals surface area (Å²) in [5.41, 5.74) is 3.47. The molecule has 10 nitrogen and oxygen atoms in total. The van der Waals surface area contributed by atoms with Gasteiger partial charge in [-0.25, -0.2) is 14.6 Å². The minimum Gasteiger partial charge on any atom is -0.478 e. The van der Waals surface area contributed by atoms with E-state index in [1.54, 1.807) is 24.3 Å². The van der Waals surface area contributed by atoms with Crippen LogP contribution in [-0.2, 0) is 16.1 Å². The topological polar surface area (TPSA) is 138 Å². The predicted octanol–water partition coefficient (Wildman–Crippen LogP) is 5.79. The van der Waals surface area contributed by atoms with Crippen LogP contribution in [0, 0.1) is 0 Å². The molecular weight excluding hydrogens is 601 g/mol. The number of nitrogens with zero attached hydrogens (tertiary/aromatic N) is 2. The number of hydrogen-bond acceptors (Lipinski definition) is 8. The van der Waals surface area contributed by atoms with Crippen LogP contribution in [0.2, 0.25) is 0 Å². The number of carboxylic acid groups (broad SMARTS) is 1. The highest BCUT2D eigenvalue weighted by atomic mass is 32.2. The van der Waals surface area contributed by atoms with Gasteiger partial charge in [0.2, 0.25) is 5.91 Å². The normalized spacial score (nSPS) is 17.6. The van der Waals surface area contributed by atoms with Crippen LogP contribution in [0.3, 0.4) is 0 Å². The molecular formula is C32H28N4O6S2. The molecule has 0 bridgehead atoms. The zero-order chi connectivity index (χ0) is 30.6. The van der Waals surface area contributed by atoms with Crippen LogP contribution in [0.1, 0.15) is 50.1 Å². The van der Waals surface area contributed by atoms with E-state index in [-0.39, 0.29) is 29.9 Å². The monoisotopic (exact) mass is 628 g/mol. The number of anilines is 1. The number of ether oxygens (including phenoxy) is 1. The van der Waals surface area contributed by atoms with Crippen LogP contribution in [0.5, 0.6) is 0 Å². The van der Waals surface area contributed by atoms with Crippen molar-refractivity contribution in [1.29, 1.82) is 0 Å². The van der Waals surface area contributed by atoms with Crippen LogP contribution >= 0.6 is 23.1 Å². The fraction of sp³-hybridized carbons (Fsp3) is 0.219. The molecule has 0 radical (unpaired) electrons. The Kier molecular flexibility index (Phi) is 8.62. The number of hydrogen-bond donors (Lipinski definition) is 3. The maximum Gasteiger partial charge on any atom is 0.412 e. The van der Waals surface area contributed by atoms with Gasteiger partial charge in [-0.15, -0.1) is 23.1 Å². The number of carboxylic acids is 1. The standard InChI is InChI=1S/C32H28N4O6S2/c37-27(33-24-13-14-24)21-11-9-20(10-12-21)25-17-44-31(34-25)35-28(38)26-18-43-29(22-7-4-8-23(15-22)30(39)40)36(26)32(41)42-16-19-5-2-1-3-6-19/h1-12,15,17,24,26,29H,13-14,16,18H2,(H,33,37)(H,39,40)(H,34,35,38). The maximum absolute atomic E-state index is 13.6. The van der Waals surface area contributed by atoms with Gasteiger partial charge in [-0.2, -0.15) is 0 Å². The molecule has 4 aromatic rings.